The summed E-state index contributed by atoms with van der Waals surface area (Å²) in [6.07, 6.45) is -0.314. The fraction of sp³-hybridized carbons (Fsp3) is 0.375. The van der Waals surface area contributed by atoms with Crippen molar-refractivity contribution in [2.24, 2.45) is 0 Å². The molecule has 0 unspecified atom stereocenters. The molecule has 2 heterocycles. The fourth-order valence-corrected chi connectivity index (χ4v) is 2.09. The molecule has 1 N–H and O–H groups in total. The van der Waals surface area contributed by atoms with E-state index in [1.54, 1.807) is 11.3 Å². The zero-order chi connectivity index (χ0) is 8.55. The van der Waals surface area contributed by atoms with Gasteiger partial charge in [0.25, 0.3) is 0 Å². The van der Waals surface area contributed by atoms with Gasteiger partial charge in [-0.3, -0.25) is 0 Å². The molecule has 2 rings (SSSR count). The molecule has 12 heavy (non-hydrogen) atoms. The van der Waals surface area contributed by atoms with Crippen LogP contribution in [0.3, 0.4) is 0 Å². The molecule has 1 aromatic heterocycles. The van der Waals surface area contributed by atoms with Crippen molar-refractivity contribution in [1.29, 1.82) is 0 Å². The SMILES string of the molecule is Cc1ccc([C@H]2COC(=O)N2)s1. The molecule has 1 aliphatic heterocycles. The Bertz CT molecular complexity index is 308. The van der Waals surface area contributed by atoms with E-state index >= 15 is 0 Å². The van der Waals surface area contributed by atoms with Crippen LogP contribution in [0, 0.1) is 6.92 Å². The van der Waals surface area contributed by atoms with Crippen LogP contribution in [0.1, 0.15) is 15.8 Å². The lowest BCUT2D eigenvalue weighted by Gasteiger charge is -2.01. The molecule has 1 amide bonds. The molecule has 0 bridgehead atoms. The quantitative estimate of drug-likeness (QED) is 0.721. The van der Waals surface area contributed by atoms with Crippen molar-refractivity contribution in [2.45, 2.75) is 13.0 Å². The first-order valence-electron chi connectivity index (χ1n) is 3.75. The second-order valence-electron chi connectivity index (χ2n) is 2.74. The molecule has 1 fully saturated rings. The van der Waals surface area contributed by atoms with E-state index in [9.17, 15) is 4.79 Å². The van der Waals surface area contributed by atoms with Gasteiger partial charge in [0, 0.05) is 9.75 Å². The highest BCUT2D eigenvalue weighted by molar-refractivity contribution is 7.12. The Morgan fingerprint density at radius 1 is 1.67 bits per heavy atom. The van der Waals surface area contributed by atoms with E-state index in [1.807, 2.05) is 19.1 Å². The van der Waals surface area contributed by atoms with Crippen molar-refractivity contribution in [3.05, 3.63) is 21.9 Å². The van der Waals surface area contributed by atoms with E-state index in [2.05, 4.69) is 5.32 Å². The molecule has 1 aromatic rings. The van der Waals surface area contributed by atoms with Crippen LogP contribution < -0.4 is 5.32 Å². The summed E-state index contributed by atoms with van der Waals surface area (Å²) in [5, 5.41) is 2.73. The topological polar surface area (TPSA) is 38.3 Å². The number of cyclic esters (lactones) is 1. The number of thiophene rings is 1. The minimum Gasteiger partial charge on any atom is -0.447 e. The minimum absolute atomic E-state index is 0.0659. The van der Waals surface area contributed by atoms with Gasteiger partial charge in [-0.15, -0.1) is 11.3 Å². The highest BCUT2D eigenvalue weighted by Crippen LogP contribution is 2.25. The third-order valence-corrected chi connectivity index (χ3v) is 2.89. The monoisotopic (exact) mass is 183 g/mol. The summed E-state index contributed by atoms with van der Waals surface area (Å²) < 4.78 is 4.79. The van der Waals surface area contributed by atoms with Crippen LogP contribution in [0.2, 0.25) is 0 Å². The van der Waals surface area contributed by atoms with Crippen LogP contribution in [-0.4, -0.2) is 12.7 Å². The van der Waals surface area contributed by atoms with Crippen molar-refractivity contribution in [3.63, 3.8) is 0 Å². The van der Waals surface area contributed by atoms with Crippen LogP contribution in [-0.2, 0) is 4.74 Å². The van der Waals surface area contributed by atoms with E-state index in [1.165, 1.54) is 9.75 Å². The van der Waals surface area contributed by atoms with Gasteiger partial charge in [0.2, 0.25) is 0 Å². The second kappa shape index (κ2) is 2.79. The fourth-order valence-electron chi connectivity index (χ4n) is 1.18. The Kier molecular flexibility index (Phi) is 1.77. The standard InChI is InChI=1S/C8H9NO2S/c1-5-2-3-7(12-5)6-4-11-8(10)9-6/h2-3,6H,4H2,1H3,(H,9,10)/t6-/m1/s1. The molecule has 0 aromatic carbocycles. The maximum absolute atomic E-state index is 10.7. The van der Waals surface area contributed by atoms with Crippen molar-refractivity contribution < 1.29 is 9.53 Å². The normalized spacial score (nSPS) is 22.1. The zero-order valence-electron chi connectivity index (χ0n) is 6.66. The number of aryl methyl sites for hydroxylation is 1. The van der Waals surface area contributed by atoms with Gasteiger partial charge in [0.1, 0.15) is 12.6 Å². The summed E-state index contributed by atoms with van der Waals surface area (Å²) in [6.45, 7) is 2.50. The number of alkyl carbamates (subject to hydrolysis) is 1. The third-order valence-electron chi connectivity index (χ3n) is 1.78. The first-order valence-corrected chi connectivity index (χ1v) is 4.57. The van der Waals surface area contributed by atoms with Crippen LogP contribution in [0.5, 0.6) is 0 Å². The van der Waals surface area contributed by atoms with Gasteiger partial charge in [-0.1, -0.05) is 0 Å². The Labute approximate surface area is 74.4 Å². The predicted octanol–water partition coefficient (Wildman–Crippen LogP) is 1.84. The molecule has 64 valence electrons. The maximum atomic E-state index is 10.7. The highest BCUT2D eigenvalue weighted by atomic mass is 32.1. The molecule has 0 radical (unpaired) electrons. The lowest BCUT2D eigenvalue weighted by molar-refractivity contribution is 0.177. The predicted molar refractivity (Wildman–Crippen MR) is 46.3 cm³/mol. The molecule has 1 aliphatic rings. The van der Waals surface area contributed by atoms with Gasteiger partial charge >= 0.3 is 6.09 Å². The van der Waals surface area contributed by atoms with Gasteiger partial charge in [0.05, 0.1) is 0 Å². The highest BCUT2D eigenvalue weighted by Gasteiger charge is 2.24. The van der Waals surface area contributed by atoms with Crippen molar-refractivity contribution in [3.8, 4) is 0 Å². The van der Waals surface area contributed by atoms with E-state index < -0.39 is 0 Å². The van der Waals surface area contributed by atoms with E-state index in [0.717, 1.165) is 0 Å². The van der Waals surface area contributed by atoms with Crippen molar-refractivity contribution >= 4 is 17.4 Å². The minimum atomic E-state index is -0.314. The third kappa shape index (κ3) is 1.30. The van der Waals surface area contributed by atoms with Crippen molar-refractivity contribution in [2.75, 3.05) is 6.61 Å². The largest absolute Gasteiger partial charge is 0.447 e. The van der Waals surface area contributed by atoms with Gasteiger partial charge in [-0.2, -0.15) is 0 Å². The first-order chi connectivity index (χ1) is 5.75. The number of amides is 1. The van der Waals surface area contributed by atoms with Crippen molar-refractivity contribution in [1.82, 2.24) is 5.32 Å². The van der Waals surface area contributed by atoms with Gasteiger partial charge in [0.15, 0.2) is 0 Å². The van der Waals surface area contributed by atoms with Crippen LogP contribution in [0.4, 0.5) is 4.79 Å². The molecule has 1 atom stereocenters. The number of carbonyl (C=O) groups is 1. The maximum Gasteiger partial charge on any atom is 0.407 e. The molecule has 0 spiro atoms. The first kappa shape index (κ1) is 7.61. The van der Waals surface area contributed by atoms with Gasteiger partial charge < -0.3 is 10.1 Å². The average Bonchev–Trinajstić information content (AvgIpc) is 2.58. The Morgan fingerprint density at radius 3 is 3.00 bits per heavy atom. The van der Waals surface area contributed by atoms with Crippen LogP contribution >= 0.6 is 11.3 Å². The summed E-state index contributed by atoms with van der Waals surface area (Å²) in [5.74, 6) is 0. The summed E-state index contributed by atoms with van der Waals surface area (Å²) >= 11 is 1.69. The molecule has 0 aliphatic carbocycles. The van der Waals surface area contributed by atoms with Crippen LogP contribution in [0.25, 0.3) is 0 Å². The van der Waals surface area contributed by atoms with Gasteiger partial charge in [-0.25, -0.2) is 4.79 Å². The molecule has 1 saturated heterocycles. The number of hydrogen-bond acceptors (Lipinski definition) is 3. The summed E-state index contributed by atoms with van der Waals surface area (Å²) in [5.41, 5.74) is 0. The molecular formula is C8H9NO2S. The molecule has 3 nitrogen and oxygen atoms in total. The van der Waals surface area contributed by atoms with E-state index in [0.29, 0.717) is 6.61 Å². The van der Waals surface area contributed by atoms with E-state index in [4.69, 9.17) is 4.74 Å². The Hall–Kier alpha value is -1.03. The van der Waals surface area contributed by atoms with Gasteiger partial charge in [-0.05, 0) is 19.1 Å². The molecule has 0 saturated carbocycles. The summed E-state index contributed by atoms with van der Waals surface area (Å²) in [4.78, 5) is 13.1. The lowest BCUT2D eigenvalue weighted by atomic mass is 10.3. The zero-order valence-corrected chi connectivity index (χ0v) is 7.48. The summed E-state index contributed by atoms with van der Waals surface area (Å²) in [7, 11) is 0. The average molecular weight is 183 g/mol. The number of ether oxygens (including phenoxy) is 1. The Balaban J connectivity index is 2.15. The van der Waals surface area contributed by atoms with Crippen LogP contribution in [0.15, 0.2) is 12.1 Å². The summed E-state index contributed by atoms with van der Waals surface area (Å²) in [6, 6.07) is 4.14. The second-order valence-corrected chi connectivity index (χ2v) is 4.06. The molecule has 4 heteroatoms. The number of nitrogens with one attached hydrogen (secondary N) is 1. The Morgan fingerprint density at radius 2 is 2.50 bits per heavy atom. The van der Waals surface area contributed by atoms with E-state index in [-0.39, 0.29) is 12.1 Å². The molecular weight excluding hydrogens is 174 g/mol. The number of hydrogen-bond donors (Lipinski definition) is 1. The lowest BCUT2D eigenvalue weighted by Crippen LogP contribution is -2.17. The number of rotatable bonds is 1. The smallest absolute Gasteiger partial charge is 0.407 e. The number of carbonyl (C=O) groups excluding carboxylic acids is 1.